The third-order valence-electron chi connectivity index (χ3n) is 6.68. The normalized spacial score (nSPS) is 20.5. The van der Waals surface area contributed by atoms with E-state index in [1.165, 1.54) is 0 Å². The number of carbonyl (C=O) groups excluding carboxylic acids is 1. The summed E-state index contributed by atoms with van der Waals surface area (Å²) in [4.78, 5) is 20.8. The first-order chi connectivity index (χ1) is 15.1. The zero-order valence-electron chi connectivity index (χ0n) is 17.9. The first-order valence-corrected chi connectivity index (χ1v) is 11.1. The van der Waals surface area contributed by atoms with Crippen LogP contribution in [0.25, 0.3) is 11.0 Å². The van der Waals surface area contributed by atoms with Gasteiger partial charge in [0.15, 0.2) is 17.1 Å². The molecule has 7 heteroatoms. The summed E-state index contributed by atoms with van der Waals surface area (Å²) in [6.07, 6.45) is 4.22. The second kappa shape index (κ2) is 6.97. The number of likely N-dealkylation sites (tertiary alicyclic amines) is 1. The molecule has 0 bridgehead atoms. The van der Waals surface area contributed by atoms with Crippen LogP contribution in [0.15, 0.2) is 24.3 Å². The van der Waals surface area contributed by atoms with Gasteiger partial charge in [0.25, 0.3) is 5.91 Å². The summed E-state index contributed by atoms with van der Waals surface area (Å²) in [6, 6.07) is 8.13. The smallest absolute Gasteiger partial charge is 0.255 e. The van der Waals surface area contributed by atoms with Gasteiger partial charge in [0, 0.05) is 25.2 Å². The van der Waals surface area contributed by atoms with E-state index in [9.17, 15) is 4.79 Å². The number of benzene rings is 1. The van der Waals surface area contributed by atoms with Crippen LogP contribution >= 0.6 is 0 Å². The van der Waals surface area contributed by atoms with Crippen LogP contribution in [0.5, 0.6) is 11.5 Å². The van der Waals surface area contributed by atoms with Crippen molar-refractivity contribution in [2.45, 2.75) is 44.6 Å². The largest absolute Gasteiger partial charge is 0.486 e. The van der Waals surface area contributed by atoms with Gasteiger partial charge in [0.2, 0.25) is 0 Å². The lowest BCUT2D eigenvalue weighted by Gasteiger charge is -2.27. The summed E-state index contributed by atoms with van der Waals surface area (Å²) >= 11 is 0. The van der Waals surface area contributed by atoms with E-state index < -0.39 is 0 Å². The molecule has 1 unspecified atom stereocenters. The molecule has 1 saturated carbocycles. The predicted molar refractivity (Wildman–Crippen MR) is 116 cm³/mol. The molecule has 3 aromatic rings. The molecule has 4 heterocycles. The van der Waals surface area contributed by atoms with Gasteiger partial charge in [-0.25, -0.2) is 4.98 Å². The van der Waals surface area contributed by atoms with Crippen molar-refractivity contribution in [1.82, 2.24) is 19.7 Å². The van der Waals surface area contributed by atoms with Crippen molar-refractivity contribution in [3.05, 3.63) is 46.8 Å². The summed E-state index contributed by atoms with van der Waals surface area (Å²) in [5.74, 6) is 2.09. The van der Waals surface area contributed by atoms with E-state index in [1.807, 2.05) is 37.1 Å². The molecule has 0 radical (unpaired) electrons. The van der Waals surface area contributed by atoms with Crippen molar-refractivity contribution in [2.24, 2.45) is 7.05 Å². The number of hydrogen-bond donors (Lipinski definition) is 0. The van der Waals surface area contributed by atoms with Crippen LogP contribution in [0.4, 0.5) is 0 Å². The molecule has 160 valence electrons. The maximum atomic E-state index is 13.9. The summed E-state index contributed by atoms with van der Waals surface area (Å²) in [5, 5.41) is 5.44. The highest BCUT2D eigenvalue weighted by atomic mass is 16.6. The summed E-state index contributed by atoms with van der Waals surface area (Å²) in [6.45, 7) is 3.84. The molecule has 1 amide bonds. The van der Waals surface area contributed by atoms with E-state index in [1.54, 1.807) is 4.68 Å². The zero-order chi connectivity index (χ0) is 21.1. The summed E-state index contributed by atoms with van der Waals surface area (Å²) < 4.78 is 13.3. The standard InChI is InChI=1S/C24H26N4O3/c1-14-22-17(13-18(15-5-6-15)25-23(22)27(2)26-14)24(29)28-9-3-4-19(28)16-7-8-20-21(12-16)31-11-10-30-20/h7-8,12-13,15,19H,3-6,9-11H2,1-2H3. The fourth-order valence-corrected chi connectivity index (χ4v) is 5.00. The number of rotatable bonds is 3. The molecular weight excluding hydrogens is 392 g/mol. The minimum Gasteiger partial charge on any atom is -0.486 e. The zero-order valence-corrected chi connectivity index (χ0v) is 17.9. The predicted octanol–water partition coefficient (Wildman–Crippen LogP) is 3.90. The molecule has 0 spiro atoms. The lowest BCUT2D eigenvalue weighted by atomic mass is 10.0. The third kappa shape index (κ3) is 3.06. The molecule has 7 nitrogen and oxygen atoms in total. The maximum Gasteiger partial charge on any atom is 0.255 e. The van der Waals surface area contributed by atoms with Crippen molar-refractivity contribution in [3.63, 3.8) is 0 Å². The minimum absolute atomic E-state index is 0.0351. The highest BCUT2D eigenvalue weighted by Crippen LogP contribution is 2.42. The Morgan fingerprint density at radius 2 is 1.90 bits per heavy atom. The average Bonchev–Trinajstić information content (AvgIpc) is 3.46. The van der Waals surface area contributed by atoms with Gasteiger partial charge in [-0.2, -0.15) is 5.10 Å². The number of nitrogens with zero attached hydrogens (tertiary/aromatic N) is 4. The van der Waals surface area contributed by atoms with Crippen LogP contribution in [0.1, 0.15) is 65.0 Å². The van der Waals surface area contributed by atoms with Crippen LogP contribution < -0.4 is 9.47 Å². The molecule has 0 N–H and O–H groups in total. The number of aromatic nitrogens is 3. The Labute approximate surface area is 181 Å². The Hall–Kier alpha value is -3.09. The monoisotopic (exact) mass is 418 g/mol. The van der Waals surface area contributed by atoms with Gasteiger partial charge in [0.1, 0.15) is 13.2 Å². The molecule has 1 aromatic carbocycles. The number of fused-ring (bicyclic) bond motifs is 2. The number of hydrogen-bond acceptors (Lipinski definition) is 5. The molecule has 2 aromatic heterocycles. The van der Waals surface area contributed by atoms with Crippen molar-refractivity contribution in [2.75, 3.05) is 19.8 Å². The molecule has 3 aliphatic rings. The van der Waals surface area contributed by atoms with Crippen LogP contribution in [0.3, 0.4) is 0 Å². The topological polar surface area (TPSA) is 69.5 Å². The van der Waals surface area contributed by atoms with Gasteiger partial charge >= 0.3 is 0 Å². The molecule has 1 aliphatic carbocycles. The number of carbonyl (C=O) groups is 1. The summed E-state index contributed by atoms with van der Waals surface area (Å²) in [5.41, 5.74) is 4.52. The average molecular weight is 418 g/mol. The Morgan fingerprint density at radius 3 is 2.71 bits per heavy atom. The number of aryl methyl sites for hydroxylation is 2. The first-order valence-electron chi connectivity index (χ1n) is 11.1. The SMILES string of the molecule is Cc1nn(C)c2nc(C3CC3)cc(C(=O)N3CCCC3c3ccc4c(c3)OCCO4)c12. The Morgan fingerprint density at radius 1 is 1.10 bits per heavy atom. The maximum absolute atomic E-state index is 13.9. The molecule has 2 aliphatic heterocycles. The first kappa shape index (κ1) is 18.7. The molecule has 31 heavy (non-hydrogen) atoms. The fraction of sp³-hybridized carbons (Fsp3) is 0.458. The molecule has 1 atom stereocenters. The minimum atomic E-state index is 0.0351. The van der Waals surface area contributed by atoms with Crippen molar-refractivity contribution in [1.29, 1.82) is 0 Å². The lowest BCUT2D eigenvalue weighted by Crippen LogP contribution is -2.31. The van der Waals surface area contributed by atoms with Gasteiger partial charge in [-0.15, -0.1) is 0 Å². The van der Waals surface area contributed by atoms with E-state index in [2.05, 4.69) is 11.2 Å². The van der Waals surface area contributed by atoms with E-state index in [0.29, 0.717) is 19.1 Å². The van der Waals surface area contributed by atoms with Crippen molar-refractivity contribution < 1.29 is 14.3 Å². The van der Waals surface area contributed by atoms with E-state index in [4.69, 9.17) is 14.5 Å². The van der Waals surface area contributed by atoms with Gasteiger partial charge in [-0.3, -0.25) is 9.48 Å². The molecule has 1 saturated heterocycles. The molecule has 2 fully saturated rings. The Balaban J connectivity index is 1.40. The van der Waals surface area contributed by atoms with E-state index in [0.717, 1.165) is 77.3 Å². The Kier molecular flexibility index (Phi) is 4.20. The van der Waals surface area contributed by atoms with Crippen LogP contribution in [-0.4, -0.2) is 45.3 Å². The Bertz CT molecular complexity index is 1200. The summed E-state index contributed by atoms with van der Waals surface area (Å²) in [7, 11) is 1.90. The van der Waals surface area contributed by atoms with Gasteiger partial charge in [-0.1, -0.05) is 6.07 Å². The number of ether oxygens (including phenoxy) is 2. The van der Waals surface area contributed by atoms with Crippen LogP contribution in [0.2, 0.25) is 0 Å². The molecule has 6 rings (SSSR count). The van der Waals surface area contributed by atoms with Crippen LogP contribution in [-0.2, 0) is 7.05 Å². The van der Waals surface area contributed by atoms with E-state index in [-0.39, 0.29) is 11.9 Å². The quantitative estimate of drug-likeness (QED) is 0.645. The van der Waals surface area contributed by atoms with Gasteiger partial charge in [0.05, 0.1) is 22.7 Å². The van der Waals surface area contributed by atoms with Crippen LogP contribution in [0, 0.1) is 6.92 Å². The lowest BCUT2D eigenvalue weighted by molar-refractivity contribution is 0.0737. The highest BCUT2D eigenvalue weighted by molar-refractivity contribution is 6.06. The second-order valence-electron chi connectivity index (χ2n) is 8.84. The van der Waals surface area contributed by atoms with Crippen molar-refractivity contribution in [3.8, 4) is 11.5 Å². The van der Waals surface area contributed by atoms with Gasteiger partial charge < -0.3 is 14.4 Å². The second-order valence-corrected chi connectivity index (χ2v) is 8.84. The molecular formula is C24H26N4O3. The van der Waals surface area contributed by atoms with E-state index >= 15 is 0 Å². The third-order valence-corrected chi connectivity index (χ3v) is 6.68. The number of pyridine rings is 1. The highest BCUT2D eigenvalue weighted by Gasteiger charge is 2.34. The van der Waals surface area contributed by atoms with Gasteiger partial charge in [-0.05, 0) is 56.4 Å². The van der Waals surface area contributed by atoms with Crippen molar-refractivity contribution >= 4 is 16.9 Å². The number of amides is 1. The fourth-order valence-electron chi connectivity index (χ4n) is 5.00.